The molecule has 4 nitrogen and oxygen atoms in total. The average Bonchev–Trinajstić information content (AvgIpc) is 3.30. The molecule has 0 radical (unpaired) electrons. The van der Waals surface area contributed by atoms with E-state index in [1.807, 2.05) is 12.1 Å². The third-order valence-corrected chi connectivity index (χ3v) is 7.57. The number of thiol groups is 1. The molecule has 37 heavy (non-hydrogen) atoms. The lowest BCUT2D eigenvalue weighted by molar-refractivity contribution is 0.257. The lowest BCUT2D eigenvalue weighted by Gasteiger charge is -2.26. The standard InChI is InChI=1S/C32H33N3OS/c33-32(36)35(37)29-16-18-31-27(23-29)21-26-22-28(15-17-30(26)31)34(19-7-13-24-9-3-1-4-10-24)20-8-14-25-11-5-2-6-12-25/h1-6,9-12,15-18,22-23,37H,7-8,13-14,19-21H2,(H2,33,36). The normalized spacial score (nSPS) is 11.6. The van der Waals surface area contributed by atoms with Crippen LogP contribution in [-0.2, 0) is 19.3 Å². The Morgan fingerprint density at radius 1 is 0.703 bits per heavy atom. The van der Waals surface area contributed by atoms with Crippen LogP contribution in [0.3, 0.4) is 0 Å². The number of fused-ring (bicyclic) bond motifs is 3. The summed E-state index contributed by atoms with van der Waals surface area (Å²) in [5.41, 5.74) is 15.2. The average molecular weight is 508 g/mol. The van der Waals surface area contributed by atoms with Gasteiger partial charge in [-0.05, 0) is 89.8 Å². The summed E-state index contributed by atoms with van der Waals surface area (Å²) in [6, 6.07) is 33.8. The number of carbonyl (C=O) groups is 1. The molecule has 188 valence electrons. The van der Waals surface area contributed by atoms with E-state index < -0.39 is 6.03 Å². The first kappa shape index (κ1) is 25.0. The summed E-state index contributed by atoms with van der Waals surface area (Å²) in [7, 11) is 0. The number of rotatable bonds is 10. The molecule has 0 saturated heterocycles. The first-order chi connectivity index (χ1) is 18.1. The van der Waals surface area contributed by atoms with Gasteiger partial charge in [-0.1, -0.05) is 85.6 Å². The van der Waals surface area contributed by atoms with Gasteiger partial charge in [-0.3, -0.25) is 0 Å². The fourth-order valence-corrected chi connectivity index (χ4v) is 5.37. The van der Waals surface area contributed by atoms with Gasteiger partial charge in [-0.15, -0.1) is 0 Å². The Balaban J connectivity index is 1.32. The van der Waals surface area contributed by atoms with E-state index in [9.17, 15) is 4.79 Å². The van der Waals surface area contributed by atoms with Gasteiger partial charge in [0.15, 0.2) is 0 Å². The van der Waals surface area contributed by atoms with Crippen LogP contribution in [0.2, 0.25) is 0 Å². The Labute approximate surface area is 225 Å². The number of hydrogen-bond acceptors (Lipinski definition) is 3. The largest absolute Gasteiger partial charge is 0.372 e. The van der Waals surface area contributed by atoms with Crippen molar-refractivity contribution in [3.05, 3.63) is 119 Å². The van der Waals surface area contributed by atoms with E-state index >= 15 is 0 Å². The second kappa shape index (κ2) is 11.6. The summed E-state index contributed by atoms with van der Waals surface area (Å²) in [5.74, 6) is 0. The van der Waals surface area contributed by atoms with Gasteiger partial charge in [0.05, 0.1) is 5.69 Å². The molecule has 0 aliphatic heterocycles. The Bertz CT molecular complexity index is 1310. The number of nitrogens with two attached hydrogens (primary N) is 1. The number of aryl methyl sites for hydroxylation is 2. The third-order valence-electron chi connectivity index (χ3n) is 7.14. The highest BCUT2D eigenvalue weighted by atomic mass is 32.1. The first-order valence-corrected chi connectivity index (χ1v) is 13.4. The molecule has 0 aromatic heterocycles. The van der Waals surface area contributed by atoms with Crippen LogP contribution < -0.4 is 14.9 Å². The minimum absolute atomic E-state index is 0.581. The van der Waals surface area contributed by atoms with Crippen molar-refractivity contribution in [2.45, 2.75) is 32.1 Å². The van der Waals surface area contributed by atoms with Crippen LogP contribution in [-0.4, -0.2) is 19.1 Å². The van der Waals surface area contributed by atoms with Crippen LogP contribution in [0.5, 0.6) is 0 Å². The van der Waals surface area contributed by atoms with Gasteiger partial charge in [0.1, 0.15) is 0 Å². The SMILES string of the molecule is NC(=O)N(S)c1ccc2c(c1)Cc1cc(N(CCCc3ccccc3)CCCc3ccccc3)ccc1-2. The van der Waals surface area contributed by atoms with Crippen LogP contribution in [0.25, 0.3) is 11.1 Å². The number of anilines is 2. The van der Waals surface area contributed by atoms with E-state index in [-0.39, 0.29) is 0 Å². The van der Waals surface area contributed by atoms with Crippen molar-refractivity contribution in [2.24, 2.45) is 5.73 Å². The maximum absolute atomic E-state index is 11.6. The number of primary amides is 1. The summed E-state index contributed by atoms with van der Waals surface area (Å²) < 4.78 is 1.19. The van der Waals surface area contributed by atoms with Crippen LogP contribution in [0.4, 0.5) is 16.2 Å². The molecule has 2 amide bonds. The third kappa shape index (κ3) is 6.00. The Morgan fingerprint density at radius 2 is 1.19 bits per heavy atom. The van der Waals surface area contributed by atoms with E-state index in [4.69, 9.17) is 5.73 Å². The number of urea groups is 1. The van der Waals surface area contributed by atoms with E-state index in [1.165, 1.54) is 43.4 Å². The van der Waals surface area contributed by atoms with Gasteiger partial charge >= 0.3 is 6.03 Å². The zero-order chi connectivity index (χ0) is 25.6. The molecule has 4 aromatic rings. The zero-order valence-corrected chi connectivity index (χ0v) is 21.9. The lowest BCUT2D eigenvalue weighted by atomic mass is 10.0. The van der Waals surface area contributed by atoms with Crippen LogP contribution in [0.1, 0.15) is 35.1 Å². The highest BCUT2D eigenvalue weighted by Crippen LogP contribution is 2.40. The fraction of sp³-hybridized carbons (Fsp3) is 0.219. The summed E-state index contributed by atoms with van der Waals surface area (Å²) in [5, 5.41) is 0. The quantitative estimate of drug-likeness (QED) is 0.199. The first-order valence-electron chi connectivity index (χ1n) is 13.0. The summed E-state index contributed by atoms with van der Waals surface area (Å²) in [6.07, 6.45) is 5.22. The minimum atomic E-state index is -0.581. The van der Waals surface area contributed by atoms with Crippen molar-refractivity contribution in [1.82, 2.24) is 0 Å². The molecule has 0 heterocycles. The lowest BCUT2D eigenvalue weighted by Crippen LogP contribution is -2.27. The van der Waals surface area contributed by atoms with Crippen molar-refractivity contribution < 1.29 is 4.79 Å². The number of amides is 2. The van der Waals surface area contributed by atoms with Gasteiger partial charge < -0.3 is 10.6 Å². The molecule has 0 bridgehead atoms. The molecule has 5 heteroatoms. The predicted molar refractivity (Wildman–Crippen MR) is 157 cm³/mol. The van der Waals surface area contributed by atoms with Crippen molar-refractivity contribution in [3.63, 3.8) is 0 Å². The summed E-state index contributed by atoms with van der Waals surface area (Å²) >= 11 is 4.23. The molecule has 2 N–H and O–H groups in total. The van der Waals surface area contributed by atoms with Crippen molar-refractivity contribution in [1.29, 1.82) is 0 Å². The maximum atomic E-state index is 11.6. The smallest absolute Gasteiger partial charge is 0.329 e. The predicted octanol–water partition coefficient (Wildman–Crippen LogP) is 7.06. The number of benzene rings is 4. The highest BCUT2D eigenvalue weighted by molar-refractivity contribution is 7.82. The molecule has 4 aromatic carbocycles. The van der Waals surface area contributed by atoms with Gasteiger partial charge in [0, 0.05) is 18.8 Å². The molecule has 0 saturated carbocycles. The number of carbonyl (C=O) groups excluding carboxylic acids is 1. The highest BCUT2D eigenvalue weighted by Gasteiger charge is 2.21. The maximum Gasteiger partial charge on any atom is 0.329 e. The van der Waals surface area contributed by atoms with Crippen molar-refractivity contribution >= 4 is 30.2 Å². The van der Waals surface area contributed by atoms with E-state index in [0.717, 1.165) is 45.2 Å². The zero-order valence-electron chi connectivity index (χ0n) is 21.0. The molecule has 5 rings (SSSR count). The van der Waals surface area contributed by atoms with Crippen LogP contribution in [0, 0.1) is 0 Å². The topological polar surface area (TPSA) is 49.6 Å². The van der Waals surface area contributed by atoms with E-state index in [1.54, 1.807) is 0 Å². The van der Waals surface area contributed by atoms with Crippen molar-refractivity contribution in [2.75, 3.05) is 22.3 Å². The molecule has 1 aliphatic rings. The second-order valence-electron chi connectivity index (χ2n) is 9.68. The van der Waals surface area contributed by atoms with Gasteiger partial charge in [-0.25, -0.2) is 9.10 Å². The summed E-state index contributed by atoms with van der Waals surface area (Å²) in [4.78, 5) is 14.1. The summed E-state index contributed by atoms with van der Waals surface area (Å²) in [6.45, 7) is 2.04. The second-order valence-corrected chi connectivity index (χ2v) is 10.1. The minimum Gasteiger partial charge on any atom is -0.372 e. The Hall–Kier alpha value is -3.70. The van der Waals surface area contributed by atoms with Gasteiger partial charge in [-0.2, -0.15) is 0 Å². The van der Waals surface area contributed by atoms with Crippen molar-refractivity contribution in [3.8, 4) is 11.1 Å². The molecular formula is C32H33N3OS. The molecule has 0 unspecified atom stereocenters. The number of hydrogen-bond donors (Lipinski definition) is 2. The number of nitrogens with zero attached hydrogens (tertiary/aromatic N) is 2. The van der Waals surface area contributed by atoms with Crippen LogP contribution >= 0.6 is 12.8 Å². The van der Waals surface area contributed by atoms with Crippen LogP contribution in [0.15, 0.2) is 97.1 Å². The monoisotopic (exact) mass is 507 g/mol. The van der Waals surface area contributed by atoms with Gasteiger partial charge in [0.2, 0.25) is 0 Å². The fourth-order valence-electron chi connectivity index (χ4n) is 5.25. The molecule has 0 atom stereocenters. The van der Waals surface area contributed by atoms with E-state index in [0.29, 0.717) is 5.69 Å². The molecular weight excluding hydrogens is 474 g/mol. The molecule has 0 spiro atoms. The molecule has 1 aliphatic carbocycles. The van der Waals surface area contributed by atoms with E-state index in [2.05, 4.69) is 103 Å². The molecule has 0 fully saturated rings. The Morgan fingerprint density at radius 3 is 1.70 bits per heavy atom. The Kier molecular flexibility index (Phi) is 7.81. The van der Waals surface area contributed by atoms with Gasteiger partial charge in [0.25, 0.3) is 0 Å².